The van der Waals surface area contributed by atoms with Crippen molar-refractivity contribution in [2.75, 3.05) is 26.3 Å². The first-order valence-corrected chi connectivity index (χ1v) is 13.1. The molecule has 0 aromatic heterocycles. The SMILES string of the molecule is CCN(Cc1cccc2c1OCCO2)C(=O)c1cc(S(=O)(=O)N2CCCCC2C)ccc1C. The Balaban J connectivity index is 1.62. The first-order valence-electron chi connectivity index (χ1n) is 11.6. The molecular weight excluding hydrogens is 440 g/mol. The lowest BCUT2D eigenvalue weighted by Gasteiger charge is -2.32. The quantitative estimate of drug-likeness (QED) is 0.635. The zero-order valence-electron chi connectivity index (χ0n) is 19.5. The highest BCUT2D eigenvalue weighted by atomic mass is 32.2. The summed E-state index contributed by atoms with van der Waals surface area (Å²) in [5.74, 6) is 1.15. The molecule has 2 aliphatic heterocycles. The van der Waals surface area contributed by atoms with Crippen molar-refractivity contribution in [3.05, 3.63) is 53.1 Å². The predicted octanol–water partition coefficient (Wildman–Crippen LogP) is 3.99. The fourth-order valence-corrected chi connectivity index (χ4v) is 6.24. The average molecular weight is 473 g/mol. The maximum atomic E-state index is 13.5. The molecule has 2 aliphatic rings. The van der Waals surface area contributed by atoms with Crippen molar-refractivity contribution in [3.8, 4) is 11.5 Å². The van der Waals surface area contributed by atoms with E-state index in [-0.39, 0.29) is 16.8 Å². The van der Waals surface area contributed by atoms with Crippen LogP contribution in [0.15, 0.2) is 41.3 Å². The zero-order valence-corrected chi connectivity index (χ0v) is 20.4. The number of sulfonamides is 1. The summed E-state index contributed by atoms with van der Waals surface area (Å²) in [6, 6.07) is 10.5. The highest BCUT2D eigenvalue weighted by Crippen LogP contribution is 2.34. The maximum absolute atomic E-state index is 13.5. The number of amides is 1. The van der Waals surface area contributed by atoms with Gasteiger partial charge in [-0.1, -0.05) is 24.6 Å². The van der Waals surface area contributed by atoms with Crippen LogP contribution in [0.4, 0.5) is 0 Å². The van der Waals surface area contributed by atoms with Crippen molar-refractivity contribution >= 4 is 15.9 Å². The molecule has 1 amide bonds. The number of aryl methyl sites for hydroxylation is 1. The zero-order chi connectivity index (χ0) is 23.6. The number of rotatable bonds is 6. The van der Waals surface area contributed by atoms with E-state index in [1.165, 1.54) is 6.07 Å². The molecule has 0 spiro atoms. The van der Waals surface area contributed by atoms with Crippen LogP contribution in [0.1, 0.15) is 54.6 Å². The Labute approximate surface area is 196 Å². The van der Waals surface area contributed by atoms with E-state index < -0.39 is 10.0 Å². The van der Waals surface area contributed by atoms with Gasteiger partial charge in [0.2, 0.25) is 10.0 Å². The van der Waals surface area contributed by atoms with Crippen LogP contribution in [-0.2, 0) is 16.6 Å². The summed E-state index contributed by atoms with van der Waals surface area (Å²) in [4.78, 5) is 15.4. The summed E-state index contributed by atoms with van der Waals surface area (Å²) in [7, 11) is -3.66. The number of carbonyl (C=O) groups is 1. The third-order valence-electron chi connectivity index (χ3n) is 6.47. The van der Waals surface area contributed by atoms with Crippen LogP contribution >= 0.6 is 0 Å². The van der Waals surface area contributed by atoms with E-state index in [1.54, 1.807) is 21.3 Å². The summed E-state index contributed by atoms with van der Waals surface area (Å²) < 4.78 is 39.7. The first-order chi connectivity index (χ1) is 15.8. The molecule has 0 bridgehead atoms. The molecule has 33 heavy (non-hydrogen) atoms. The van der Waals surface area contributed by atoms with E-state index in [2.05, 4.69) is 0 Å². The second-order valence-corrected chi connectivity index (χ2v) is 10.6. The third kappa shape index (κ3) is 4.73. The van der Waals surface area contributed by atoms with E-state index >= 15 is 0 Å². The molecule has 4 rings (SSSR count). The minimum Gasteiger partial charge on any atom is -0.486 e. The molecular formula is C25H32N2O5S. The van der Waals surface area contributed by atoms with Crippen LogP contribution in [0.3, 0.4) is 0 Å². The van der Waals surface area contributed by atoms with Crippen LogP contribution < -0.4 is 9.47 Å². The first kappa shape index (κ1) is 23.6. The van der Waals surface area contributed by atoms with E-state index in [0.717, 1.165) is 30.4 Å². The smallest absolute Gasteiger partial charge is 0.254 e. The van der Waals surface area contributed by atoms with Crippen molar-refractivity contribution in [1.82, 2.24) is 9.21 Å². The molecule has 0 aliphatic carbocycles. The lowest BCUT2D eigenvalue weighted by Crippen LogP contribution is -2.42. The number of hydrogen-bond acceptors (Lipinski definition) is 5. The minimum absolute atomic E-state index is 0.0391. The van der Waals surface area contributed by atoms with Gasteiger partial charge in [-0.05, 0) is 57.4 Å². The van der Waals surface area contributed by atoms with Gasteiger partial charge in [0.25, 0.3) is 5.91 Å². The van der Waals surface area contributed by atoms with Gasteiger partial charge in [0.05, 0.1) is 4.90 Å². The minimum atomic E-state index is -3.66. The van der Waals surface area contributed by atoms with E-state index in [4.69, 9.17) is 9.47 Å². The number of ether oxygens (including phenoxy) is 2. The van der Waals surface area contributed by atoms with Gasteiger partial charge in [-0.2, -0.15) is 4.31 Å². The van der Waals surface area contributed by atoms with E-state index in [9.17, 15) is 13.2 Å². The maximum Gasteiger partial charge on any atom is 0.254 e. The Morgan fingerprint density at radius 1 is 1.15 bits per heavy atom. The molecule has 2 aromatic rings. The lowest BCUT2D eigenvalue weighted by molar-refractivity contribution is 0.0748. The van der Waals surface area contributed by atoms with Gasteiger partial charge >= 0.3 is 0 Å². The van der Waals surface area contributed by atoms with Gasteiger partial charge in [-0.3, -0.25) is 4.79 Å². The number of benzene rings is 2. The molecule has 2 aromatic carbocycles. The van der Waals surface area contributed by atoms with Gasteiger partial charge < -0.3 is 14.4 Å². The molecule has 7 nitrogen and oxygen atoms in total. The summed E-state index contributed by atoms with van der Waals surface area (Å²) in [6.45, 7) is 8.01. The predicted molar refractivity (Wildman–Crippen MR) is 126 cm³/mol. The van der Waals surface area contributed by atoms with Crippen LogP contribution in [0.25, 0.3) is 0 Å². The fraction of sp³-hybridized carbons (Fsp3) is 0.480. The van der Waals surface area contributed by atoms with Crippen LogP contribution in [0, 0.1) is 6.92 Å². The van der Waals surface area contributed by atoms with Crippen molar-refractivity contribution < 1.29 is 22.7 Å². The van der Waals surface area contributed by atoms with Crippen molar-refractivity contribution in [2.45, 2.75) is 57.5 Å². The molecule has 0 radical (unpaired) electrons. The van der Waals surface area contributed by atoms with Crippen LogP contribution in [-0.4, -0.2) is 55.9 Å². The second-order valence-electron chi connectivity index (χ2n) is 8.70. The molecule has 1 fully saturated rings. The monoisotopic (exact) mass is 472 g/mol. The molecule has 8 heteroatoms. The van der Waals surface area contributed by atoms with Gasteiger partial charge in [-0.25, -0.2) is 8.42 Å². The molecule has 1 atom stereocenters. The highest BCUT2D eigenvalue weighted by molar-refractivity contribution is 7.89. The standard InChI is InChI=1S/C25H32N2O5S/c1-4-26(17-20-9-7-10-23-24(20)32-15-14-31-23)25(28)22-16-21(12-11-18(22)2)33(29,30)27-13-6-5-8-19(27)3/h7,9-12,16,19H,4-6,8,13-15,17H2,1-3H3. The molecule has 0 saturated carbocycles. The summed E-state index contributed by atoms with van der Waals surface area (Å²) in [6.07, 6.45) is 2.75. The largest absolute Gasteiger partial charge is 0.486 e. The molecule has 2 heterocycles. The topological polar surface area (TPSA) is 76.1 Å². The Morgan fingerprint density at radius 2 is 1.94 bits per heavy atom. The van der Waals surface area contributed by atoms with Crippen molar-refractivity contribution in [1.29, 1.82) is 0 Å². The Hall–Kier alpha value is -2.58. The number of piperidine rings is 1. The van der Waals surface area contributed by atoms with Gasteiger partial charge in [0.15, 0.2) is 11.5 Å². The van der Waals surface area contributed by atoms with E-state index in [1.807, 2.05) is 39.0 Å². The van der Waals surface area contributed by atoms with Gasteiger partial charge in [0.1, 0.15) is 13.2 Å². The van der Waals surface area contributed by atoms with Crippen LogP contribution in [0.5, 0.6) is 11.5 Å². The Morgan fingerprint density at radius 3 is 2.70 bits per heavy atom. The normalized spacial score (nSPS) is 18.7. The van der Waals surface area contributed by atoms with E-state index in [0.29, 0.717) is 49.9 Å². The number of nitrogens with zero attached hydrogens (tertiary/aromatic N) is 2. The number of hydrogen-bond donors (Lipinski definition) is 0. The average Bonchev–Trinajstić information content (AvgIpc) is 2.82. The van der Waals surface area contributed by atoms with Crippen molar-refractivity contribution in [2.24, 2.45) is 0 Å². The highest BCUT2D eigenvalue weighted by Gasteiger charge is 2.32. The number of para-hydroxylation sites is 1. The summed E-state index contributed by atoms with van der Waals surface area (Å²) >= 11 is 0. The van der Waals surface area contributed by atoms with Gasteiger partial charge in [0, 0.05) is 36.8 Å². The van der Waals surface area contributed by atoms with Crippen LogP contribution in [0.2, 0.25) is 0 Å². The second kappa shape index (κ2) is 9.73. The molecule has 0 N–H and O–H groups in total. The van der Waals surface area contributed by atoms with Gasteiger partial charge in [-0.15, -0.1) is 0 Å². The third-order valence-corrected chi connectivity index (χ3v) is 8.48. The number of carbonyl (C=O) groups excluding carboxylic acids is 1. The van der Waals surface area contributed by atoms with Crippen molar-refractivity contribution in [3.63, 3.8) is 0 Å². The molecule has 178 valence electrons. The lowest BCUT2D eigenvalue weighted by atomic mass is 10.1. The fourth-order valence-electron chi connectivity index (χ4n) is 4.52. The summed E-state index contributed by atoms with van der Waals surface area (Å²) in [5, 5.41) is 0. The Bertz CT molecular complexity index is 1130. The molecule has 1 saturated heterocycles. The molecule has 1 unspecified atom stereocenters. The Kier molecular flexibility index (Phi) is 6.95. The number of fused-ring (bicyclic) bond motifs is 1. The summed E-state index contributed by atoms with van der Waals surface area (Å²) in [5.41, 5.74) is 2.02.